The molecule has 1 unspecified atom stereocenters. The number of carbonyl (C=O) groups excluding carboxylic acids is 2. The second-order valence-electron chi connectivity index (χ2n) is 6.00. The van der Waals surface area contributed by atoms with Crippen molar-refractivity contribution in [1.82, 2.24) is 9.80 Å². The first-order valence-electron chi connectivity index (χ1n) is 8.05. The van der Waals surface area contributed by atoms with Crippen LogP contribution in [0, 0.1) is 5.92 Å². The summed E-state index contributed by atoms with van der Waals surface area (Å²) in [5.74, 6) is -1.31. The van der Waals surface area contributed by atoms with Crippen molar-refractivity contribution in [3.8, 4) is 0 Å². The molecule has 2 fully saturated rings. The number of ether oxygens (including phenoxy) is 1. The number of nitrogens with zero attached hydrogens (tertiary/aromatic N) is 2. The minimum Gasteiger partial charge on any atom is -0.477 e. The van der Waals surface area contributed by atoms with Gasteiger partial charge in [0.15, 0.2) is 0 Å². The van der Waals surface area contributed by atoms with Crippen LogP contribution in [0.2, 0.25) is 0 Å². The van der Waals surface area contributed by atoms with Gasteiger partial charge in [-0.15, -0.1) is 11.3 Å². The molecule has 0 bridgehead atoms. The highest BCUT2D eigenvalue weighted by Gasteiger charge is 2.32. The molecular formula is C16H20N2O5S. The number of thiophene rings is 1. The van der Waals surface area contributed by atoms with Crippen LogP contribution in [0.25, 0.3) is 0 Å². The van der Waals surface area contributed by atoms with E-state index in [4.69, 9.17) is 9.84 Å². The van der Waals surface area contributed by atoms with E-state index in [9.17, 15) is 14.4 Å². The van der Waals surface area contributed by atoms with E-state index in [1.165, 1.54) is 6.07 Å². The number of aromatic carboxylic acids is 1. The Morgan fingerprint density at radius 1 is 1.08 bits per heavy atom. The van der Waals surface area contributed by atoms with E-state index in [1.54, 1.807) is 11.0 Å². The maximum atomic E-state index is 12.6. The van der Waals surface area contributed by atoms with E-state index in [1.807, 2.05) is 4.90 Å². The summed E-state index contributed by atoms with van der Waals surface area (Å²) in [5.41, 5.74) is 0. The molecule has 0 aromatic carbocycles. The van der Waals surface area contributed by atoms with Gasteiger partial charge in [0.25, 0.3) is 5.91 Å². The van der Waals surface area contributed by atoms with Gasteiger partial charge in [-0.3, -0.25) is 9.59 Å². The van der Waals surface area contributed by atoms with Gasteiger partial charge in [0.1, 0.15) is 4.88 Å². The first-order chi connectivity index (χ1) is 11.6. The van der Waals surface area contributed by atoms with Crippen LogP contribution in [0.15, 0.2) is 12.1 Å². The van der Waals surface area contributed by atoms with Crippen molar-refractivity contribution in [2.75, 3.05) is 39.4 Å². The van der Waals surface area contributed by atoms with Crippen molar-refractivity contribution in [2.24, 2.45) is 5.92 Å². The first-order valence-corrected chi connectivity index (χ1v) is 8.87. The normalized spacial score (nSPS) is 21.6. The van der Waals surface area contributed by atoms with Gasteiger partial charge in [-0.05, 0) is 25.0 Å². The third kappa shape index (κ3) is 3.59. The number of hydrogen-bond donors (Lipinski definition) is 1. The summed E-state index contributed by atoms with van der Waals surface area (Å²) in [6.07, 6.45) is 1.56. The van der Waals surface area contributed by atoms with E-state index >= 15 is 0 Å². The van der Waals surface area contributed by atoms with Crippen molar-refractivity contribution >= 4 is 29.1 Å². The van der Waals surface area contributed by atoms with Crippen molar-refractivity contribution < 1.29 is 24.2 Å². The van der Waals surface area contributed by atoms with Gasteiger partial charge in [-0.1, -0.05) is 0 Å². The highest BCUT2D eigenvalue weighted by molar-refractivity contribution is 7.15. The van der Waals surface area contributed by atoms with Crippen LogP contribution in [0.5, 0.6) is 0 Å². The number of carboxylic acid groups (broad SMARTS) is 1. The monoisotopic (exact) mass is 352 g/mol. The van der Waals surface area contributed by atoms with Crippen molar-refractivity contribution in [2.45, 2.75) is 12.8 Å². The number of likely N-dealkylation sites (tertiary alicyclic amines) is 1. The standard InChI is InChI=1S/C16H20N2O5S/c19-14(17-6-8-23-9-7-17)11-2-1-5-18(10-11)15(20)12-3-4-13(24-12)16(21)22/h3-4,11H,1-2,5-10H2,(H,21,22). The number of amides is 2. The van der Waals surface area contributed by atoms with Crippen LogP contribution in [0.3, 0.4) is 0 Å². The molecular weight excluding hydrogens is 332 g/mol. The zero-order chi connectivity index (χ0) is 17.1. The van der Waals surface area contributed by atoms with E-state index in [0.29, 0.717) is 44.3 Å². The Hall–Kier alpha value is -1.93. The SMILES string of the molecule is O=C(O)c1ccc(C(=O)N2CCCC(C(=O)N3CCOCC3)C2)s1. The molecule has 3 heterocycles. The molecule has 0 saturated carbocycles. The molecule has 2 amide bonds. The molecule has 1 aromatic rings. The zero-order valence-corrected chi connectivity index (χ0v) is 14.1. The van der Waals surface area contributed by atoms with E-state index < -0.39 is 5.97 Å². The van der Waals surface area contributed by atoms with Gasteiger partial charge < -0.3 is 19.6 Å². The second kappa shape index (κ2) is 7.31. The molecule has 2 aliphatic rings. The Balaban J connectivity index is 1.64. The van der Waals surface area contributed by atoms with E-state index in [-0.39, 0.29) is 22.6 Å². The quantitative estimate of drug-likeness (QED) is 0.882. The molecule has 2 aliphatic heterocycles. The molecule has 0 spiro atoms. The molecule has 0 radical (unpaired) electrons. The van der Waals surface area contributed by atoms with E-state index in [0.717, 1.165) is 24.2 Å². The van der Waals surface area contributed by atoms with Crippen molar-refractivity contribution in [3.63, 3.8) is 0 Å². The third-order valence-electron chi connectivity index (χ3n) is 4.41. The van der Waals surface area contributed by atoms with E-state index in [2.05, 4.69) is 0 Å². The lowest BCUT2D eigenvalue weighted by molar-refractivity contribution is -0.141. The Labute approximate surface area is 143 Å². The van der Waals surface area contributed by atoms with Gasteiger partial charge in [0, 0.05) is 26.2 Å². The Morgan fingerprint density at radius 3 is 2.46 bits per heavy atom. The number of morpholine rings is 1. The smallest absolute Gasteiger partial charge is 0.345 e. The maximum absolute atomic E-state index is 12.6. The summed E-state index contributed by atoms with van der Waals surface area (Å²) in [5, 5.41) is 8.97. The van der Waals surface area contributed by atoms with Crippen molar-refractivity contribution in [3.05, 3.63) is 21.9 Å². The zero-order valence-electron chi connectivity index (χ0n) is 13.3. The molecule has 0 aliphatic carbocycles. The van der Waals surface area contributed by atoms with Gasteiger partial charge >= 0.3 is 5.97 Å². The van der Waals surface area contributed by atoms with Gasteiger partial charge in [-0.2, -0.15) is 0 Å². The van der Waals surface area contributed by atoms with Gasteiger partial charge in [0.05, 0.1) is 24.0 Å². The van der Waals surface area contributed by atoms with Crippen molar-refractivity contribution in [1.29, 1.82) is 0 Å². The molecule has 1 atom stereocenters. The van der Waals surface area contributed by atoms with Crippen LogP contribution in [0.1, 0.15) is 32.2 Å². The summed E-state index contributed by atoms with van der Waals surface area (Å²) in [7, 11) is 0. The Bertz CT molecular complexity index is 638. The summed E-state index contributed by atoms with van der Waals surface area (Å²) < 4.78 is 5.27. The number of piperidine rings is 1. The van der Waals surface area contributed by atoms with Crippen LogP contribution in [-0.4, -0.2) is 72.1 Å². The molecule has 130 valence electrons. The predicted octanol–water partition coefficient (Wildman–Crippen LogP) is 1.16. The minimum atomic E-state index is -1.03. The predicted molar refractivity (Wildman–Crippen MR) is 87.3 cm³/mol. The average molecular weight is 352 g/mol. The number of rotatable bonds is 3. The highest BCUT2D eigenvalue weighted by atomic mass is 32.1. The summed E-state index contributed by atoms with van der Waals surface area (Å²) in [6.45, 7) is 3.34. The Kier molecular flexibility index (Phi) is 5.15. The largest absolute Gasteiger partial charge is 0.477 e. The van der Waals surface area contributed by atoms with Crippen LogP contribution in [-0.2, 0) is 9.53 Å². The van der Waals surface area contributed by atoms with Crippen LogP contribution in [0.4, 0.5) is 0 Å². The van der Waals surface area contributed by atoms with Crippen LogP contribution >= 0.6 is 11.3 Å². The summed E-state index contributed by atoms with van der Waals surface area (Å²) in [6, 6.07) is 2.99. The summed E-state index contributed by atoms with van der Waals surface area (Å²) in [4.78, 5) is 40.2. The molecule has 8 heteroatoms. The summed E-state index contributed by atoms with van der Waals surface area (Å²) >= 11 is 0.978. The fourth-order valence-electron chi connectivity index (χ4n) is 3.13. The number of hydrogen-bond acceptors (Lipinski definition) is 5. The topological polar surface area (TPSA) is 87.2 Å². The van der Waals surface area contributed by atoms with Gasteiger partial charge in [-0.25, -0.2) is 4.79 Å². The molecule has 2 saturated heterocycles. The molecule has 1 aromatic heterocycles. The first kappa shape index (κ1) is 16.9. The van der Waals surface area contributed by atoms with Gasteiger partial charge in [0.2, 0.25) is 5.91 Å². The minimum absolute atomic E-state index is 0.0909. The lowest BCUT2D eigenvalue weighted by Gasteiger charge is -2.36. The fraction of sp³-hybridized carbons (Fsp3) is 0.562. The lowest BCUT2D eigenvalue weighted by atomic mass is 9.96. The lowest BCUT2D eigenvalue weighted by Crippen LogP contribution is -2.49. The number of carbonyl (C=O) groups is 3. The average Bonchev–Trinajstić information content (AvgIpc) is 3.12. The molecule has 24 heavy (non-hydrogen) atoms. The third-order valence-corrected chi connectivity index (χ3v) is 5.47. The Morgan fingerprint density at radius 2 is 1.79 bits per heavy atom. The molecule has 7 nitrogen and oxygen atoms in total. The highest BCUT2D eigenvalue weighted by Crippen LogP contribution is 2.24. The maximum Gasteiger partial charge on any atom is 0.345 e. The molecule has 3 rings (SSSR count). The number of carboxylic acids is 1. The van der Waals surface area contributed by atoms with Crippen LogP contribution < -0.4 is 0 Å². The molecule has 1 N–H and O–H groups in total. The fourth-order valence-corrected chi connectivity index (χ4v) is 3.94. The second-order valence-corrected chi connectivity index (χ2v) is 7.08.